The van der Waals surface area contributed by atoms with E-state index in [1.54, 1.807) is 12.4 Å². The molecule has 0 bridgehead atoms. The Bertz CT molecular complexity index is 1110. The van der Waals surface area contributed by atoms with Crippen molar-refractivity contribution in [2.45, 2.75) is 45.1 Å². The van der Waals surface area contributed by atoms with Crippen molar-refractivity contribution in [1.29, 1.82) is 0 Å². The number of aromatic nitrogens is 2. The molecule has 0 aliphatic heterocycles. The molecule has 2 aliphatic rings. The standard InChI is InChI=1S/C25H25N3O/c1-16-2-3-17-4-5-18(13-19(17)12-16)23-14-21(15-24-25(23)27-11-10-26-24)28-20-6-8-22(29)9-7-20/h2-5,10-11,13-16,20,28H,6-9,12H2,1H3. The molecule has 0 radical (unpaired) electrons. The molecule has 1 atom stereocenters. The van der Waals surface area contributed by atoms with Crippen molar-refractivity contribution in [3.05, 3.63) is 59.9 Å². The van der Waals surface area contributed by atoms with Crippen LogP contribution >= 0.6 is 0 Å². The Kier molecular flexibility index (Phi) is 4.62. The van der Waals surface area contributed by atoms with Gasteiger partial charge < -0.3 is 5.32 Å². The minimum Gasteiger partial charge on any atom is -0.382 e. The topological polar surface area (TPSA) is 54.9 Å². The fourth-order valence-corrected chi connectivity index (χ4v) is 4.49. The average Bonchev–Trinajstić information content (AvgIpc) is 2.74. The fourth-order valence-electron chi connectivity index (χ4n) is 4.49. The molecule has 1 fully saturated rings. The second-order valence-electron chi connectivity index (χ2n) is 8.36. The van der Waals surface area contributed by atoms with Crippen LogP contribution in [0.1, 0.15) is 43.7 Å². The van der Waals surface area contributed by atoms with E-state index in [4.69, 9.17) is 0 Å². The molecule has 0 spiro atoms. The van der Waals surface area contributed by atoms with Crippen molar-refractivity contribution in [1.82, 2.24) is 9.97 Å². The maximum Gasteiger partial charge on any atom is 0.133 e. The van der Waals surface area contributed by atoms with Crippen LogP contribution < -0.4 is 5.32 Å². The molecule has 1 heterocycles. The Morgan fingerprint density at radius 3 is 2.72 bits per heavy atom. The summed E-state index contributed by atoms with van der Waals surface area (Å²) >= 11 is 0. The minimum atomic E-state index is 0.337. The Morgan fingerprint density at radius 1 is 1.03 bits per heavy atom. The third-order valence-corrected chi connectivity index (χ3v) is 6.09. The number of nitrogens with zero attached hydrogens (tertiary/aromatic N) is 2. The van der Waals surface area contributed by atoms with Gasteiger partial charge in [-0.3, -0.25) is 14.8 Å². The van der Waals surface area contributed by atoms with E-state index in [-0.39, 0.29) is 0 Å². The number of carbonyl (C=O) groups excluding carboxylic acids is 1. The van der Waals surface area contributed by atoms with Gasteiger partial charge in [0.1, 0.15) is 5.78 Å². The number of allylic oxidation sites excluding steroid dienone is 1. The molecule has 146 valence electrons. The van der Waals surface area contributed by atoms with E-state index in [0.717, 1.165) is 41.5 Å². The van der Waals surface area contributed by atoms with Crippen molar-refractivity contribution in [3.63, 3.8) is 0 Å². The van der Waals surface area contributed by atoms with Crippen molar-refractivity contribution in [3.8, 4) is 11.1 Å². The quantitative estimate of drug-likeness (QED) is 0.656. The summed E-state index contributed by atoms with van der Waals surface area (Å²) in [5, 5.41) is 3.64. The van der Waals surface area contributed by atoms with Crippen LogP contribution in [0.15, 0.2) is 48.8 Å². The predicted molar refractivity (Wildman–Crippen MR) is 118 cm³/mol. The molecule has 1 aromatic heterocycles. The minimum absolute atomic E-state index is 0.337. The summed E-state index contributed by atoms with van der Waals surface area (Å²) in [6, 6.07) is 11.3. The SMILES string of the molecule is CC1C=Cc2ccc(-c3cc(NC4CCC(=O)CC4)cc4nccnc34)cc2C1. The first-order valence-electron chi connectivity index (χ1n) is 10.5. The van der Waals surface area contributed by atoms with Crippen LogP contribution in [0.25, 0.3) is 28.2 Å². The van der Waals surface area contributed by atoms with Crippen LogP contribution in [0.4, 0.5) is 5.69 Å². The highest BCUT2D eigenvalue weighted by atomic mass is 16.1. The van der Waals surface area contributed by atoms with Gasteiger partial charge in [-0.15, -0.1) is 0 Å². The van der Waals surface area contributed by atoms with E-state index in [1.165, 1.54) is 16.7 Å². The lowest BCUT2D eigenvalue weighted by atomic mass is 9.88. The van der Waals surface area contributed by atoms with Gasteiger partial charge in [0.05, 0.1) is 11.0 Å². The molecule has 5 rings (SSSR count). The third-order valence-electron chi connectivity index (χ3n) is 6.09. The molecule has 0 saturated heterocycles. The van der Waals surface area contributed by atoms with E-state index in [1.807, 2.05) is 0 Å². The van der Waals surface area contributed by atoms with Gasteiger partial charge in [0.15, 0.2) is 0 Å². The molecule has 1 N–H and O–H groups in total. The van der Waals surface area contributed by atoms with Gasteiger partial charge in [0.2, 0.25) is 0 Å². The van der Waals surface area contributed by atoms with Gasteiger partial charge in [-0.2, -0.15) is 0 Å². The second-order valence-corrected chi connectivity index (χ2v) is 8.36. The monoisotopic (exact) mass is 383 g/mol. The van der Waals surface area contributed by atoms with Crippen LogP contribution in [0.5, 0.6) is 0 Å². The zero-order valence-electron chi connectivity index (χ0n) is 16.7. The number of nitrogens with one attached hydrogen (secondary N) is 1. The Balaban J connectivity index is 1.55. The van der Waals surface area contributed by atoms with Gasteiger partial charge in [-0.05, 0) is 54.0 Å². The molecule has 1 unspecified atom stereocenters. The van der Waals surface area contributed by atoms with Crippen LogP contribution in [0.3, 0.4) is 0 Å². The summed E-state index contributed by atoms with van der Waals surface area (Å²) in [5.41, 5.74) is 7.86. The molecule has 4 nitrogen and oxygen atoms in total. The number of ketones is 1. The number of anilines is 1. The van der Waals surface area contributed by atoms with Gasteiger partial charge in [-0.25, -0.2) is 0 Å². The van der Waals surface area contributed by atoms with Crippen LogP contribution in [0, 0.1) is 5.92 Å². The lowest BCUT2D eigenvalue weighted by Gasteiger charge is -2.24. The van der Waals surface area contributed by atoms with Gasteiger partial charge in [0, 0.05) is 42.5 Å². The van der Waals surface area contributed by atoms with Gasteiger partial charge in [-0.1, -0.05) is 37.3 Å². The molecule has 3 aromatic rings. The zero-order valence-corrected chi connectivity index (χ0v) is 16.7. The zero-order chi connectivity index (χ0) is 19.8. The lowest BCUT2D eigenvalue weighted by molar-refractivity contribution is -0.120. The van der Waals surface area contributed by atoms with E-state index in [2.05, 4.69) is 64.7 Å². The number of carbonyl (C=O) groups is 1. The van der Waals surface area contributed by atoms with Gasteiger partial charge >= 0.3 is 0 Å². The summed E-state index contributed by atoms with van der Waals surface area (Å²) in [5.74, 6) is 0.946. The second kappa shape index (κ2) is 7.43. The summed E-state index contributed by atoms with van der Waals surface area (Å²) < 4.78 is 0. The summed E-state index contributed by atoms with van der Waals surface area (Å²) in [6.07, 6.45) is 12.2. The number of benzene rings is 2. The fraction of sp³-hybridized carbons (Fsp3) is 0.320. The van der Waals surface area contributed by atoms with Gasteiger partial charge in [0.25, 0.3) is 0 Å². The molecule has 2 aliphatic carbocycles. The maximum absolute atomic E-state index is 11.6. The first-order valence-corrected chi connectivity index (χ1v) is 10.5. The lowest BCUT2D eigenvalue weighted by Crippen LogP contribution is -2.26. The average molecular weight is 383 g/mol. The highest BCUT2D eigenvalue weighted by Crippen LogP contribution is 2.34. The number of rotatable bonds is 3. The molecule has 29 heavy (non-hydrogen) atoms. The number of hydrogen-bond acceptors (Lipinski definition) is 4. The van der Waals surface area contributed by atoms with E-state index in [9.17, 15) is 4.79 Å². The van der Waals surface area contributed by atoms with E-state index >= 15 is 0 Å². The first-order chi connectivity index (χ1) is 14.2. The number of hydrogen-bond donors (Lipinski definition) is 1. The largest absolute Gasteiger partial charge is 0.382 e. The number of Topliss-reactive ketones (excluding diaryl/α,β-unsaturated/α-hetero) is 1. The van der Waals surface area contributed by atoms with Crippen LogP contribution in [-0.2, 0) is 11.2 Å². The van der Waals surface area contributed by atoms with Crippen molar-refractivity contribution < 1.29 is 4.79 Å². The predicted octanol–water partition coefficient (Wildman–Crippen LogP) is 5.43. The van der Waals surface area contributed by atoms with Crippen molar-refractivity contribution >= 4 is 28.6 Å². The van der Waals surface area contributed by atoms with Crippen LogP contribution in [-0.4, -0.2) is 21.8 Å². The molecular weight excluding hydrogens is 358 g/mol. The summed E-state index contributed by atoms with van der Waals surface area (Å²) in [7, 11) is 0. The summed E-state index contributed by atoms with van der Waals surface area (Å²) in [4.78, 5) is 20.8. The molecule has 0 amide bonds. The van der Waals surface area contributed by atoms with Crippen LogP contribution in [0.2, 0.25) is 0 Å². The molecule has 1 saturated carbocycles. The molecular formula is C25H25N3O. The number of fused-ring (bicyclic) bond motifs is 2. The third kappa shape index (κ3) is 3.67. The molecule has 4 heteroatoms. The molecule has 2 aromatic carbocycles. The van der Waals surface area contributed by atoms with E-state index < -0.39 is 0 Å². The Morgan fingerprint density at radius 2 is 1.86 bits per heavy atom. The normalized spacial score (nSPS) is 19.3. The summed E-state index contributed by atoms with van der Waals surface area (Å²) in [6.45, 7) is 2.26. The van der Waals surface area contributed by atoms with Crippen molar-refractivity contribution in [2.75, 3.05) is 5.32 Å². The Hall–Kier alpha value is -3.01. The highest BCUT2D eigenvalue weighted by Gasteiger charge is 2.19. The van der Waals surface area contributed by atoms with Crippen molar-refractivity contribution in [2.24, 2.45) is 5.92 Å². The first kappa shape index (κ1) is 18.0. The smallest absolute Gasteiger partial charge is 0.133 e. The highest BCUT2D eigenvalue weighted by molar-refractivity contribution is 5.95. The maximum atomic E-state index is 11.6. The van der Waals surface area contributed by atoms with E-state index in [0.29, 0.717) is 30.6 Å². The Labute approximate surface area is 171 Å².